The van der Waals surface area contributed by atoms with Crippen LogP contribution in [-0.2, 0) is 19.1 Å². The van der Waals surface area contributed by atoms with E-state index in [0.717, 1.165) is 25.7 Å². The molecule has 24 heavy (non-hydrogen) atoms. The average Bonchev–Trinajstić information content (AvgIpc) is 2.51. The molecule has 1 aliphatic carbocycles. The summed E-state index contributed by atoms with van der Waals surface area (Å²) in [6.45, 7) is 11.6. The van der Waals surface area contributed by atoms with E-state index in [1.54, 1.807) is 6.08 Å². The van der Waals surface area contributed by atoms with Crippen LogP contribution in [0.1, 0.15) is 66.2 Å². The quantitative estimate of drug-likeness (QED) is 0.544. The molecule has 1 amide bonds. The highest BCUT2D eigenvalue weighted by Gasteiger charge is 2.31. The zero-order valence-corrected chi connectivity index (χ0v) is 15.6. The molecule has 1 saturated carbocycles. The number of hydrogen-bond acceptors (Lipinski definition) is 4. The Labute approximate surface area is 146 Å². The molecule has 0 aromatic heterocycles. The fourth-order valence-corrected chi connectivity index (χ4v) is 2.94. The minimum Gasteiger partial charge on any atom is -0.458 e. The zero-order valence-electron chi connectivity index (χ0n) is 15.6. The zero-order chi connectivity index (χ0) is 18.2. The van der Waals surface area contributed by atoms with E-state index in [1.165, 1.54) is 0 Å². The molecule has 1 fully saturated rings. The maximum Gasteiger partial charge on any atom is 0.329 e. The number of amides is 1. The fourth-order valence-electron chi connectivity index (χ4n) is 2.94. The van der Waals surface area contributed by atoms with Gasteiger partial charge in [-0.15, -0.1) is 6.58 Å². The van der Waals surface area contributed by atoms with Gasteiger partial charge in [0.05, 0.1) is 12.7 Å². The van der Waals surface area contributed by atoms with Crippen LogP contribution < -0.4 is 5.32 Å². The molecule has 0 saturated heterocycles. The maximum atomic E-state index is 12.6. The topological polar surface area (TPSA) is 64.6 Å². The summed E-state index contributed by atoms with van der Waals surface area (Å²) in [5.74, 6) is -0.519. The molecule has 5 heteroatoms. The summed E-state index contributed by atoms with van der Waals surface area (Å²) in [6, 6.07) is -0.573. The third-order valence-corrected chi connectivity index (χ3v) is 4.03. The molecule has 0 radical (unpaired) electrons. The highest BCUT2D eigenvalue weighted by molar-refractivity contribution is 5.86. The lowest BCUT2D eigenvalue weighted by Gasteiger charge is -2.30. The summed E-state index contributed by atoms with van der Waals surface area (Å²) in [7, 11) is 0. The van der Waals surface area contributed by atoms with Crippen LogP contribution in [0.2, 0.25) is 0 Å². The van der Waals surface area contributed by atoms with Gasteiger partial charge in [-0.3, -0.25) is 4.79 Å². The Morgan fingerprint density at radius 1 is 1.33 bits per heavy atom. The first-order valence-electron chi connectivity index (χ1n) is 9.02. The van der Waals surface area contributed by atoms with Crippen molar-refractivity contribution in [3.8, 4) is 0 Å². The number of nitrogens with one attached hydrogen (secondary N) is 1. The van der Waals surface area contributed by atoms with Crippen molar-refractivity contribution in [3.63, 3.8) is 0 Å². The first-order chi connectivity index (χ1) is 11.3. The van der Waals surface area contributed by atoms with E-state index in [1.807, 2.05) is 27.7 Å². The van der Waals surface area contributed by atoms with Gasteiger partial charge in [0.2, 0.25) is 5.91 Å². The van der Waals surface area contributed by atoms with Gasteiger partial charge in [-0.2, -0.15) is 0 Å². The molecule has 0 spiro atoms. The van der Waals surface area contributed by atoms with Crippen LogP contribution in [-0.4, -0.2) is 36.2 Å². The van der Waals surface area contributed by atoms with Gasteiger partial charge in [-0.1, -0.05) is 25.8 Å². The summed E-state index contributed by atoms with van der Waals surface area (Å²) in [6.07, 6.45) is 6.69. The summed E-state index contributed by atoms with van der Waals surface area (Å²) >= 11 is 0. The molecule has 5 nitrogen and oxygen atoms in total. The first kappa shape index (κ1) is 20.7. The van der Waals surface area contributed by atoms with Crippen LogP contribution in [0, 0.1) is 5.92 Å². The summed E-state index contributed by atoms with van der Waals surface area (Å²) in [5.41, 5.74) is -0.553. The van der Waals surface area contributed by atoms with Gasteiger partial charge >= 0.3 is 5.97 Å². The second kappa shape index (κ2) is 9.82. The second-order valence-corrected chi connectivity index (χ2v) is 7.49. The van der Waals surface area contributed by atoms with Crippen LogP contribution in [0.4, 0.5) is 0 Å². The Balaban J connectivity index is 2.60. The van der Waals surface area contributed by atoms with Gasteiger partial charge in [0.25, 0.3) is 0 Å². The van der Waals surface area contributed by atoms with Gasteiger partial charge in [-0.25, -0.2) is 4.79 Å². The van der Waals surface area contributed by atoms with Crippen LogP contribution in [0.5, 0.6) is 0 Å². The van der Waals surface area contributed by atoms with E-state index in [2.05, 4.69) is 11.9 Å². The number of carbonyl (C=O) groups is 2. The minimum atomic E-state index is -0.573. The highest BCUT2D eigenvalue weighted by Crippen LogP contribution is 2.27. The van der Waals surface area contributed by atoms with E-state index in [9.17, 15) is 9.59 Å². The third kappa shape index (κ3) is 7.47. The van der Waals surface area contributed by atoms with E-state index < -0.39 is 11.6 Å². The number of carbonyl (C=O) groups excluding carboxylic acids is 2. The average molecular weight is 339 g/mol. The predicted octanol–water partition coefficient (Wildman–Crippen LogP) is 3.37. The minimum absolute atomic E-state index is 0.0637. The SMILES string of the molecule is C=CCOC1CCCC(C(=O)NC(CCC)C(=O)OC(C)(C)C)C1. The first-order valence-corrected chi connectivity index (χ1v) is 9.02. The molecular formula is C19H33NO4. The predicted molar refractivity (Wildman–Crippen MR) is 94.6 cm³/mol. The normalized spacial score (nSPS) is 22.5. The van der Waals surface area contributed by atoms with Crippen molar-refractivity contribution in [1.82, 2.24) is 5.32 Å². The number of hydrogen-bond donors (Lipinski definition) is 1. The standard InChI is InChI=1S/C19H33NO4/c1-6-9-16(18(22)24-19(3,4)5)20-17(21)14-10-8-11-15(13-14)23-12-7-2/h7,14-16H,2,6,8-13H2,1,3-5H3,(H,20,21). The van der Waals surface area contributed by atoms with E-state index in [-0.39, 0.29) is 23.9 Å². The highest BCUT2D eigenvalue weighted by atomic mass is 16.6. The third-order valence-electron chi connectivity index (χ3n) is 4.03. The number of esters is 1. The van der Waals surface area contributed by atoms with Crippen molar-refractivity contribution in [1.29, 1.82) is 0 Å². The van der Waals surface area contributed by atoms with Crippen molar-refractivity contribution in [2.24, 2.45) is 5.92 Å². The van der Waals surface area contributed by atoms with Gasteiger partial charge < -0.3 is 14.8 Å². The van der Waals surface area contributed by atoms with Gasteiger partial charge in [0.15, 0.2) is 0 Å². The fraction of sp³-hybridized carbons (Fsp3) is 0.789. The lowest BCUT2D eigenvalue weighted by atomic mass is 9.86. The number of ether oxygens (including phenoxy) is 2. The van der Waals surface area contributed by atoms with Crippen molar-refractivity contribution in [2.75, 3.05) is 6.61 Å². The van der Waals surface area contributed by atoms with Gasteiger partial charge in [0, 0.05) is 5.92 Å². The molecule has 3 unspecified atom stereocenters. The molecule has 1 aliphatic rings. The lowest BCUT2D eigenvalue weighted by Crippen LogP contribution is -2.47. The molecule has 0 bridgehead atoms. The Hall–Kier alpha value is -1.36. The molecule has 0 aromatic rings. The van der Waals surface area contributed by atoms with Gasteiger partial charge in [-0.05, 0) is 46.5 Å². The molecule has 0 aliphatic heterocycles. The van der Waals surface area contributed by atoms with Crippen LogP contribution in [0.15, 0.2) is 12.7 Å². The Kier molecular flexibility index (Phi) is 8.46. The molecule has 3 atom stereocenters. The molecule has 0 aromatic carbocycles. The Morgan fingerprint density at radius 2 is 2.04 bits per heavy atom. The smallest absolute Gasteiger partial charge is 0.329 e. The molecule has 1 N–H and O–H groups in total. The van der Waals surface area contributed by atoms with Crippen molar-refractivity contribution in [2.45, 2.75) is 84.0 Å². The Morgan fingerprint density at radius 3 is 2.62 bits per heavy atom. The number of rotatable bonds is 8. The van der Waals surface area contributed by atoms with Crippen LogP contribution in [0.25, 0.3) is 0 Å². The van der Waals surface area contributed by atoms with E-state index >= 15 is 0 Å². The molecule has 138 valence electrons. The maximum absolute atomic E-state index is 12.6. The monoisotopic (exact) mass is 339 g/mol. The van der Waals surface area contributed by atoms with Crippen molar-refractivity contribution in [3.05, 3.63) is 12.7 Å². The van der Waals surface area contributed by atoms with Crippen molar-refractivity contribution >= 4 is 11.9 Å². The molecule has 1 rings (SSSR count). The lowest BCUT2D eigenvalue weighted by molar-refractivity contribution is -0.159. The van der Waals surface area contributed by atoms with Crippen LogP contribution in [0.3, 0.4) is 0 Å². The Bertz CT molecular complexity index is 428. The van der Waals surface area contributed by atoms with Gasteiger partial charge in [0.1, 0.15) is 11.6 Å². The van der Waals surface area contributed by atoms with E-state index in [0.29, 0.717) is 19.4 Å². The summed E-state index contributed by atoms with van der Waals surface area (Å²) in [5, 5.41) is 2.90. The summed E-state index contributed by atoms with van der Waals surface area (Å²) < 4.78 is 11.1. The summed E-state index contributed by atoms with van der Waals surface area (Å²) in [4.78, 5) is 24.9. The molecule has 0 heterocycles. The van der Waals surface area contributed by atoms with Crippen molar-refractivity contribution < 1.29 is 19.1 Å². The second-order valence-electron chi connectivity index (χ2n) is 7.49. The largest absolute Gasteiger partial charge is 0.458 e. The van der Waals surface area contributed by atoms with Crippen LogP contribution >= 0.6 is 0 Å². The molecular weight excluding hydrogens is 306 g/mol. The van der Waals surface area contributed by atoms with E-state index in [4.69, 9.17) is 9.47 Å².